The third-order valence-electron chi connectivity index (χ3n) is 2.77. The van der Waals surface area contributed by atoms with Crippen LogP contribution in [0.3, 0.4) is 0 Å². The number of hydrogen-bond donors (Lipinski definition) is 1. The van der Waals surface area contributed by atoms with E-state index < -0.39 is 9.84 Å². The highest BCUT2D eigenvalue weighted by Crippen LogP contribution is 2.12. The molecule has 6 heteroatoms. The molecule has 90 valence electrons. The van der Waals surface area contributed by atoms with Crippen molar-refractivity contribution >= 4 is 9.84 Å². The summed E-state index contributed by atoms with van der Waals surface area (Å²) in [5.74, 6) is 0.480. The molecule has 2 heterocycles. The molecule has 1 atom stereocenters. The number of nitrogens with one attached hydrogen (secondary N) is 1. The Kier molecular flexibility index (Phi) is 3.41. The fraction of sp³-hybridized carbons (Fsp3) is 0.455. The van der Waals surface area contributed by atoms with Crippen molar-refractivity contribution in [3.63, 3.8) is 0 Å². The van der Waals surface area contributed by atoms with Crippen molar-refractivity contribution in [2.24, 2.45) is 0 Å². The number of nitriles is 1. The quantitative estimate of drug-likeness (QED) is 0.831. The average molecular weight is 251 g/mol. The summed E-state index contributed by atoms with van der Waals surface area (Å²) in [6, 6.07) is 5.52. The Balaban J connectivity index is 1.93. The number of nitrogens with zero attached hydrogens (tertiary/aromatic N) is 2. The molecule has 0 aromatic carbocycles. The van der Waals surface area contributed by atoms with Crippen LogP contribution in [0.25, 0.3) is 0 Å². The first-order valence-electron chi connectivity index (χ1n) is 5.38. The van der Waals surface area contributed by atoms with Crippen molar-refractivity contribution in [3.05, 3.63) is 29.6 Å². The SMILES string of the molecule is N#Cc1cc(CNC2CCS(=O)(=O)C2)ccn1. The first kappa shape index (κ1) is 12.0. The van der Waals surface area contributed by atoms with Crippen LogP contribution in [0.1, 0.15) is 17.7 Å². The number of aromatic nitrogens is 1. The van der Waals surface area contributed by atoms with Crippen LogP contribution in [0, 0.1) is 11.3 Å². The highest BCUT2D eigenvalue weighted by atomic mass is 32.2. The largest absolute Gasteiger partial charge is 0.309 e. The summed E-state index contributed by atoms with van der Waals surface area (Å²) in [5.41, 5.74) is 1.32. The van der Waals surface area contributed by atoms with Crippen LogP contribution < -0.4 is 5.32 Å². The molecule has 1 aromatic heterocycles. The molecular formula is C11H13N3O2S. The molecule has 1 saturated heterocycles. The second kappa shape index (κ2) is 4.82. The van der Waals surface area contributed by atoms with Crippen LogP contribution in [-0.4, -0.2) is 30.9 Å². The number of rotatable bonds is 3. The minimum Gasteiger partial charge on any atom is -0.309 e. The van der Waals surface area contributed by atoms with Crippen molar-refractivity contribution < 1.29 is 8.42 Å². The van der Waals surface area contributed by atoms with Gasteiger partial charge in [-0.05, 0) is 24.1 Å². The van der Waals surface area contributed by atoms with E-state index in [4.69, 9.17) is 5.26 Å². The summed E-state index contributed by atoms with van der Waals surface area (Å²) < 4.78 is 22.5. The Bertz CT molecular complexity index is 548. The minimum atomic E-state index is -2.84. The molecule has 0 bridgehead atoms. The van der Waals surface area contributed by atoms with E-state index in [9.17, 15) is 8.42 Å². The van der Waals surface area contributed by atoms with E-state index in [1.807, 2.05) is 12.1 Å². The molecule has 0 radical (unpaired) electrons. The summed E-state index contributed by atoms with van der Waals surface area (Å²) in [6.45, 7) is 0.567. The summed E-state index contributed by atoms with van der Waals surface area (Å²) >= 11 is 0. The van der Waals surface area contributed by atoms with Gasteiger partial charge >= 0.3 is 0 Å². The maximum absolute atomic E-state index is 11.3. The van der Waals surface area contributed by atoms with Gasteiger partial charge in [0, 0.05) is 18.8 Å². The van der Waals surface area contributed by atoms with E-state index in [1.54, 1.807) is 12.3 Å². The van der Waals surface area contributed by atoms with Crippen molar-refractivity contribution in [1.29, 1.82) is 5.26 Å². The topological polar surface area (TPSA) is 82.9 Å². The lowest BCUT2D eigenvalue weighted by molar-refractivity contribution is 0.554. The zero-order chi connectivity index (χ0) is 12.3. The van der Waals surface area contributed by atoms with E-state index in [0.29, 0.717) is 18.7 Å². The average Bonchev–Trinajstić information content (AvgIpc) is 2.67. The third kappa shape index (κ3) is 3.25. The molecule has 0 amide bonds. The van der Waals surface area contributed by atoms with Crippen LogP contribution in [0.15, 0.2) is 18.3 Å². The smallest absolute Gasteiger partial charge is 0.151 e. The molecule has 0 spiro atoms. The fourth-order valence-corrected chi connectivity index (χ4v) is 3.57. The molecule has 2 rings (SSSR count). The fourth-order valence-electron chi connectivity index (χ4n) is 1.86. The van der Waals surface area contributed by atoms with Gasteiger partial charge in [0.05, 0.1) is 11.5 Å². The van der Waals surface area contributed by atoms with Crippen molar-refractivity contribution in [2.75, 3.05) is 11.5 Å². The van der Waals surface area contributed by atoms with Crippen LogP contribution in [0.2, 0.25) is 0 Å². The van der Waals surface area contributed by atoms with E-state index in [2.05, 4.69) is 10.3 Å². The van der Waals surface area contributed by atoms with Gasteiger partial charge in [-0.2, -0.15) is 5.26 Å². The summed E-state index contributed by atoms with van der Waals surface area (Å²) in [5, 5.41) is 11.9. The Morgan fingerprint density at radius 3 is 3.06 bits per heavy atom. The molecule has 1 fully saturated rings. The van der Waals surface area contributed by atoms with Crippen LogP contribution in [0.5, 0.6) is 0 Å². The van der Waals surface area contributed by atoms with Gasteiger partial charge in [0.15, 0.2) is 9.84 Å². The third-order valence-corrected chi connectivity index (χ3v) is 4.53. The lowest BCUT2D eigenvalue weighted by Crippen LogP contribution is -2.29. The van der Waals surface area contributed by atoms with E-state index in [-0.39, 0.29) is 17.5 Å². The maximum Gasteiger partial charge on any atom is 0.151 e. The Labute approximate surface area is 100 Å². The van der Waals surface area contributed by atoms with Crippen molar-refractivity contribution in [3.8, 4) is 6.07 Å². The van der Waals surface area contributed by atoms with Gasteiger partial charge in [0.1, 0.15) is 11.8 Å². The lowest BCUT2D eigenvalue weighted by atomic mass is 10.2. The highest BCUT2D eigenvalue weighted by molar-refractivity contribution is 7.91. The van der Waals surface area contributed by atoms with Crippen molar-refractivity contribution in [1.82, 2.24) is 10.3 Å². The number of hydrogen-bond acceptors (Lipinski definition) is 5. The second-order valence-corrected chi connectivity index (χ2v) is 6.37. The molecule has 1 aliphatic rings. The van der Waals surface area contributed by atoms with Crippen molar-refractivity contribution in [2.45, 2.75) is 19.0 Å². The van der Waals surface area contributed by atoms with E-state index in [1.165, 1.54) is 0 Å². The monoisotopic (exact) mass is 251 g/mol. The molecular weight excluding hydrogens is 238 g/mol. The van der Waals surface area contributed by atoms with E-state index in [0.717, 1.165) is 5.56 Å². The van der Waals surface area contributed by atoms with Crippen LogP contribution in [-0.2, 0) is 16.4 Å². The Morgan fingerprint density at radius 2 is 2.41 bits per heavy atom. The van der Waals surface area contributed by atoms with Crippen LogP contribution in [0.4, 0.5) is 0 Å². The molecule has 17 heavy (non-hydrogen) atoms. The van der Waals surface area contributed by atoms with Gasteiger partial charge in [-0.15, -0.1) is 0 Å². The summed E-state index contributed by atoms with van der Waals surface area (Å²) in [7, 11) is -2.84. The molecule has 0 aliphatic carbocycles. The Hall–Kier alpha value is -1.45. The molecule has 1 N–H and O–H groups in total. The van der Waals surface area contributed by atoms with Gasteiger partial charge < -0.3 is 5.32 Å². The zero-order valence-corrected chi connectivity index (χ0v) is 10.1. The maximum atomic E-state index is 11.3. The molecule has 1 unspecified atom stereocenters. The van der Waals surface area contributed by atoms with Gasteiger partial charge in [-0.1, -0.05) is 0 Å². The summed E-state index contributed by atoms with van der Waals surface area (Å²) in [4.78, 5) is 3.88. The minimum absolute atomic E-state index is 0.0266. The molecule has 1 aliphatic heterocycles. The molecule has 5 nitrogen and oxygen atoms in total. The predicted molar refractivity (Wildman–Crippen MR) is 62.9 cm³/mol. The first-order chi connectivity index (χ1) is 8.09. The highest BCUT2D eigenvalue weighted by Gasteiger charge is 2.27. The van der Waals surface area contributed by atoms with Crippen LogP contribution >= 0.6 is 0 Å². The van der Waals surface area contributed by atoms with Gasteiger partial charge in [-0.25, -0.2) is 13.4 Å². The van der Waals surface area contributed by atoms with Gasteiger partial charge in [0.2, 0.25) is 0 Å². The first-order valence-corrected chi connectivity index (χ1v) is 7.20. The number of pyridine rings is 1. The van der Waals surface area contributed by atoms with Gasteiger partial charge in [0.25, 0.3) is 0 Å². The number of sulfone groups is 1. The molecule has 1 aromatic rings. The normalized spacial score (nSPS) is 22.2. The predicted octanol–water partition coefficient (Wildman–Crippen LogP) is 0.230. The van der Waals surface area contributed by atoms with Gasteiger partial charge in [-0.3, -0.25) is 0 Å². The zero-order valence-electron chi connectivity index (χ0n) is 9.26. The summed E-state index contributed by atoms with van der Waals surface area (Å²) in [6.07, 6.45) is 2.25. The molecule has 0 saturated carbocycles. The second-order valence-electron chi connectivity index (χ2n) is 4.14. The Morgan fingerprint density at radius 1 is 1.59 bits per heavy atom. The standard InChI is InChI=1S/C11H13N3O2S/c12-6-11-5-9(1-3-13-11)7-14-10-2-4-17(15,16)8-10/h1,3,5,10,14H,2,4,7-8H2. The lowest BCUT2D eigenvalue weighted by Gasteiger charge is -2.10. The van der Waals surface area contributed by atoms with E-state index >= 15 is 0 Å².